The monoisotopic (exact) mass is 266 g/mol. The zero-order valence-electron chi connectivity index (χ0n) is 11.9. The highest BCUT2D eigenvalue weighted by atomic mass is 16.3. The van der Waals surface area contributed by atoms with Crippen LogP contribution in [0.1, 0.15) is 40.5 Å². The molecule has 0 heterocycles. The Morgan fingerprint density at radius 3 is 2.47 bits per heavy atom. The second-order valence-corrected chi connectivity index (χ2v) is 6.50. The molecule has 3 atom stereocenters. The Morgan fingerprint density at radius 1 is 1.37 bits per heavy atom. The first-order valence-electron chi connectivity index (χ1n) is 6.62. The smallest absolute Gasteiger partial charge is 0.162 e. The van der Waals surface area contributed by atoms with E-state index in [1.165, 1.54) is 0 Å². The van der Waals surface area contributed by atoms with Gasteiger partial charge in [-0.1, -0.05) is 6.92 Å². The lowest BCUT2D eigenvalue weighted by Gasteiger charge is -2.45. The van der Waals surface area contributed by atoms with Gasteiger partial charge in [-0.05, 0) is 38.0 Å². The Morgan fingerprint density at radius 2 is 1.95 bits per heavy atom. The molecule has 2 aliphatic rings. The summed E-state index contributed by atoms with van der Waals surface area (Å²) in [6.45, 7) is 6.81. The Balaban J connectivity index is 2.62. The van der Waals surface area contributed by atoms with Crippen molar-refractivity contribution in [2.75, 3.05) is 0 Å². The highest BCUT2D eigenvalue weighted by molar-refractivity contribution is 6.00. The summed E-state index contributed by atoms with van der Waals surface area (Å²) < 4.78 is 0. The van der Waals surface area contributed by atoms with E-state index in [0.29, 0.717) is 5.57 Å². The van der Waals surface area contributed by atoms with Crippen molar-refractivity contribution in [3.8, 4) is 0 Å². The minimum absolute atomic E-state index is 0.137. The fourth-order valence-corrected chi connectivity index (χ4v) is 3.12. The van der Waals surface area contributed by atoms with Crippen LogP contribution in [0.25, 0.3) is 0 Å². The molecule has 0 bridgehead atoms. The Hall–Kier alpha value is -0.970. The van der Waals surface area contributed by atoms with Crippen molar-refractivity contribution in [3.63, 3.8) is 0 Å². The summed E-state index contributed by atoms with van der Waals surface area (Å²) in [5.41, 5.74) is 0.0481. The van der Waals surface area contributed by atoms with Gasteiger partial charge in [0, 0.05) is 23.8 Å². The average Bonchev–Trinajstić information content (AvgIpc) is 2.24. The second-order valence-electron chi connectivity index (χ2n) is 6.50. The van der Waals surface area contributed by atoms with Crippen LogP contribution in [0.4, 0.5) is 0 Å². The van der Waals surface area contributed by atoms with Gasteiger partial charge in [-0.2, -0.15) is 0 Å². The van der Waals surface area contributed by atoms with Crippen LogP contribution >= 0.6 is 0 Å². The normalized spacial score (nSPS) is 36.2. The van der Waals surface area contributed by atoms with E-state index in [2.05, 4.69) is 0 Å². The van der Waals surface area contributed by atoms with E-state index >= 15 is 0 Å². The van der Waals surface area contributed by atoms with Gasteiger partial charge in [-0.15, -0.1) is 0 Å². The van der Waals surface area contributed by atoms with Crippen LogP contribution in [0.3, 0.4) is 0 Å². The zero-order chi connectivity index (χ0) is 14.6. The molecule has 4 nitrogen and oxygen atoms in total. The second kappa shape index (κ2) is 4.27. The first-order chi connectivity index (χ1) is 8.57. The summed E-state index contributed by atoms with van der Waals surface area (Å²) >= 11 is 0. The third kappa shape index (κ3) is 2.18. The Kier molecular flexibility index (Phi) is 3.24. The van der Waals surface area contributed by atoms with Crippen LogP contribution in [0.5, 0.6) is 0 Å². The Labute approximate surface area is 113 Å². The van der Waals surface area contributed by atoms with Gasteiger partial charge in [-0.3, -0.25) is 4.79 Å². The lowest BCUT2D eigenvalue weighted by Crippen LogP contribution is -2.47. The summed E-state index contributed by atoms with van der Waals surface area (Å²) in [7, 11) is 0. The van der Waals surface area contributed by atoms with E-state index < -0.39 is 23.2 Å². The van der Waals surface area contributed by atoms with Gasteiger partial charge in [0.15, 0.2) is 5.78 Å². The lowest BCUT2D eigenvalue weighted by molar-refractivity contribution is -0.122. The molecule has 0 spiro atoms. The average molecular weight is 266 g/mol. The minimum atomic E-state index is -1.21. The first-order valence-corrected chi connectivity index (χ1v) is 6.62. The van der Waals surface area contributed by atoms with Crippen molar-refractivity contribution in [1.82, 2.24) is 0 Å². The molecular weight excluding hydrogens is 244 g/mol. The van der Waals surface area contributed by atoms with Crippen LogP contribution in [0, 0.1) is 5.41 Å². The number of carbonyl (C=O) groups is 1. The molecule has 19 heavy (non-hydrogen) atoms. The molecule has 3 N–H and O–H groups in total. The third-order valence-corrected chi connectivity index (χ3v) is 4.50. The number of fused-ring (bicyclic) bond motifs is 1. The van der Waals surface area contributed by atoms with Crippen molar-refractivity contribution in [3.05, 3.63) is 22.8 Å². The van der Waals surface area contributed by atoms with E-state index in [1.807, 2.05) is 13.8 Å². The number of carbonyl (C=O) groups excluding carboxylic acids is 1. The number of Topliss-reactive ketones (excluding diaryl/α,β-unsaturated/α-hetero) is 1. The van der Waals surface area contributed by atoms with E-state index in [0.717, 1.165) is 11.1 Å². The highest BCUT2D eigenvalue weighted by Gasteiger charge is 2.48. The van der Waals surface area contributed by atoms with Crippen LogP contribution < -0.4 is 0 Å². The number of aliphatic hydroxyl groups is 3. The summed E-state index contributed by atoms with van der Waals surface area (Å²) in [6, 6.07) is 0. The standard InChI is InChI=1S/C15H22O4/c1-8-9-5-10(14(2,3)19)12(17)7-15(9,4)13(18)6-11(8)16/h5,11,13,16,18-19H,6-7H2,1-4H3/t11-,13+,15+/m0/s1. The van der Waals surface area contributed by atoms with Gasteiger partial charge in [0.2, 0.25) is 0 Å². The van der Waals surface area contributed by atoms with Gasteiger partial charge in [0.1, 0.15) is 0 Å². The SMILES string of the molecule is CC1=C2C=C(C(C)(C)O)C(=O)C[C@@]2(C)[C@H](O)C[C@@H]1O. The maximum Gasteiger partial charge on any atom is 0.162 e. The predicted molar refractivity (Wildman–Crippen MR) is 71.4 cm³/mol. The van der Waals surface area contributed by atoms with Gasteiger partial charge in [0.05, 0.1) is 17.8 Å². The van der Waals surface area contributed by atoms with Crippen LogP contribution in [0.15, 0.2) is 22.8 Å². The number of hydrogen-bond donors (Lipinski definition) is 3. The van der Waals surface area contributed by atoms with Gasteiger partial charge < -0.3 is 15.3 Å². The number of hydrogen-bond acceptors (Lipinski definition) is 4. The van der Waals surface area contributed by atoms with Crippen LogP contribution in [-0.4, -0.2) is 38.9 Å². The summed E-state index contributed by atoms with van der Waals surface area (Å²) in [5, 5.41) is 30.3. The van der Waals surface area contributed by atoms with E-state index in [4.69, 9.17) is 0 Å². The molecule has 0 radical (unpaired) electrons. The van der Waals surface area contributed by atoms with Crippen LogP contribution in [0.2, 0.25) is 0 Å². The Bertz CT molecular complexity index is 481. The third-order valence-electron chi connectivity index (χ3n) is 4.50. The number of rotatable bonds is 1. The molecule has 0 saturated carbocycles. The van der Waals surface area contributed by atoms with Gasteiger partial charge in [0.25, 0.3) is 0 Å². The molecule has 4 heteroatoms. The highest BCUT2D eigenvalue weighted by Crippen LogP contribution is 2.48. The fraction of sp³-hybridized carbons (Fsp3) is 0.667. The number of aliphatic hydroxyl groups excluding tert-OH is 2. The molecule has 0 saturated heterocycles. The molecular formula is C15H22O4. The van der Waals surface area contributed by atoms with Gasteiger partial charge in [-0.25, -0.2) is 0 Å². The van der Waals surface area contributed by atoms with Crippen molar-refractivity contribution < 1.29 is 20.1 Å². The van der Waals surface area contributed by atoms with Crippen molar-refractivity contribution >= 4 is 5.78 Å². The molecule has 0 fully saturated rings. The van der Waals surface area contributed by atoms with Crippen molar-refractivity contribution in [2.45, 2.75) is 58.3 Å². The molecule has 0 unspecified atom stereocenters. The first kappa shape index (κ1) is 14.4. The molecule has 106 valence electrons. The largest absolute Gasteiger partial charge is 0.392 e. The van der Waals surface area contributed by atoms with E-state index in [1.54, 1.807) is 19.9 Å². The summed E-state index contributed by atoms with van der Waals surface area (Å²) in [5.74, 6) is -0.137. The predicted octanol–water partition coefficient (Wildman–Crippen LogP) is 1.10. The number of allylic oxidation sites excluding steroid dienone is 1. The summed E-state index contributed by atoms with van der Waals surface area (Å²) in [4.78, 5) is 12.2. The molecule has 0 aliphatic heterocycles. The van der Waals surface area contributed by atoms with E-state index in [9.17, 15) is 20.1 Å². The molecule has 0 aromatic carbocycles. The topological polar surface area (TPSA) is 77.8 Å². The van der Waals surface area contributed by atoms with Crippen LogP contribution in [-0.2, 0) is 4.79 Å². The molecule has 2 rings (SSSR count). The zero-order valence-corrected chi connectivity index (χ0v) is 11.9. The minimum Gasteiger partial charge on any atom is -0.392 e. The quantitative estimate of drug-likeness (QED) is 0.664. The van der Waals surface area contributed by atoms with Crippen molar-refractivity contribution in [1.29, 1.82) is 0 Å². The maximum absolute atomic E-state index is 12.2. The van der Waals surface area contributed by atoms with E-state index in [-0.39, 0.29) is 18.6 Å². The molecule has 2 aliphatic carbocycles. The lowest BCUT2D eigenvalue weighted by atomic mass is 9.61. The molecule has 0 aromatic rings. The van der Waals surface area contributed by atoms with Gasteiger partial charge >= 0.3 is 0 Å². The van der Waals surface area contributed by atoms with Crippen molar-refractivity contribution in [2.24, 2.45) is 5.41 Å². The fourth-order valence-electron chi connectivity index (χ4n) is 3.12. The molecule has 0 aromatic heterocycles. The molecule has 0 amide bonds. The summed E-state index contributed by atoms with van der Waals surface area (Å²) in [6.07, 6.45) is 0.649. The maximum atomic E-state index is 12.2. The number of ketones is 1.